The Morgan fingerprint density at radius 1 is 1.54 bits per heavy atom. The van der Waals surface area contributed by atoms with Crippen LogP contribution in [0.25, 0.3) is 0 Å². The maximum Gasteiger partial charge on any atom is 0.372 e. The maximum atomic E-state index is 10.8. The second-order valence-corrected chi connectivity index (χ2v) is 4.63. The van der Waals surface area contributed by atoms with Crippen molar-refractivity contribution in [3.05, 3.63) is 22.1 Å². The number of hydrogen-bond acceptors (Lipinski definition) is 2. The second kappa shape index (κ2) is 3.18. The van der Waals surface area contributed by atoms with Gasteiger partial charge in [0.15, 0.2) is 4.67 Å². The minimum atomic E-state index is -1.03. The molecule has 0 atom stereocenters. The SMILES string of the molecule is CC(C)(C)c1cc(Br)oc1C(=O)O. The summed E-state index contributed by atoms with van der Waals surface area (Å²) in [5.74, 6) is -1.02. The first-order valence-electron chi connectivity index (χ1n) is 3.85. The number of aromatic carboxylic acids is 1. The standard InChI is InChI=1S/C9H11BrO3/c1-9(2,3)5-4-6(10)13-7(5)8(11)12/h4H,1-3H3,(H,11,12). The molecule has 0 aliphatic carbocycles. The highest BCUT2D eigenvalue weighted by molar-refractivity contribution is 9.10. The average Bonchev–Trinajstić information content (AvgIpc) is 2.29. The number of hydrogen-bond donors (Lipinski definition) is 1. The van der Waals surface area contributed by atoms with Gasteiger partial charge in [-0.1, -0.05) is 20.8 Å². The second-order valence-electron chi connectivity index (χ2n) is 3.85. The first-order valence-corrected chi connectivity index (χ1v) is 4.65. The van der Waals surface area contributed by atoms with Crippen LogP contribution in [0.1, 0.15) is 36.9 Å². The van der Waals surface area contributed by atoms with Crippen molar-refractivity contribution in [1.82, 2.24) is 0 Å². The Bertz CT molecular complexity index is 333. The van der Waals surface area contributed by atoms with Crippen LogP contribution in [0.15, 0.2) is 15.2 Å². The maximum absolute atomic E-state index is 10.8. The van der Waals surface area contributed by atoms with Crippen LogP contribution in [0, 0.1) is 0 Å². The van der Waals surface area contributed by atoms with Gasteiger partial charge < -0.3 is 9.52 Å². The zero-order valence-electron chi connectivity index (χ0n) is 7.72. The molecule has 0 saturated carbocycles. The predicted octanol–water partition coefficient (Wildman–Crippen LogP) is 3.04. The van der Waals surface area contributed by atoms with Crippen LogP contribution in [-0.2, 0) is 5.41 Å². The van der Waals surface area contributed by atoms with Crippen LogP contribution < -0.4 is 0 Å². The van der Waals surface area contributed by atoms with Crippen LogP contribution in [0.5, 0.6) is 0 Å². The van der Waals surface area contributed by atoms with E-state index in [1.807, 2.05) is 20.8 Å². The number of furan rings is 1. The van der Waals surface area contributed by atoms with E-state index in [1.54, 1.807) is 6.07 Å². The average molecular weight is 247 g/mol. The van der Waals surface area contributed by atoms with Crippen LogP contribution in [0.3, 0.4) is 0 Å². The molecule has 0 bridgehead atoms. The van der Waals surface area contributed by atoms with Gasteiger partial charge in [-0.15, -0.1) is 0 Å². The van der Waals surface area contributed by atoms with E-state index in [4.69, 9.17) is 9.52 Å². The molecule has 0 aromatic carbocycles. The molecule has 0 fully saturated rings. The van der Waals surface area contributed by atoms with E-state index in [-0.39, 0.29) is 11.2 Å². The summed E-state index contributed by atoms with van der Waals surface area (Å²) in [6.07, 6.45) is 0. The Labute approximate surface area is 84.9 Å². The number of carboxylic acids is 1. The van der Waals surface area contributed by atoms with Gasteiger partial charge in [0.1, 0.15) is 0 Å². The van der Waals surface area contributed by atoms with Crippen molar-refractivity contribution < 1.29 is 14.3 Å². The van der Waals surface area contributed by atoms with E-state index >= 15 is 0 Å². The van der Waals surface area contributed by atoms with E-state index in [0.29, 0.717) is 10.2 Å². The summed E-state index contributed by atoms with van der Waals surface area (Å²) in [7, 11) is 0. The van der Waals surface area contributed by atoms with Crippen LogP contribution >= 0.6 is 15.9 Å². The number of halogens is 1. The molecule has 0 spiro atoms. The molecule has 1 aromatic heterocycles. The number of rotatable bonds is 1. The van der Waals surface area contributed by atoms with E-state index in [1.165, 1.54) is 0 Å². The fourth-order valence-corrected chi connectivity index (χ4v) is 1.47. The molecule has 0 saturated heterocycles. The van der Waals surface area contributed by atoms with Gasteiger partial charge in [0, 0.05) is 5.56 Å². The third kappa shape index (κ3) is 2.12. The van der Waals surface area contributed by atoms with Gasteiger partial charge in [-0.2, -0.15) is 0 Å². The summed E-state index contributed by atoms with van der Waals surface area (Å²) in [5, 5.41) is 8.83. The van der Waals surface area contributed by atoms with Crippen molar-refractivity contribution >= 4 is 21.9 Å². The Morgan fingerprint density at radius 2 is 2.08 bits per heavy atom. The van der Waals surface area contributed by atoms with Crippen molar-refractivity contribution in [2.75, 3.05) is 0 Å². The Balaban J connectivity index is 3.28. The fourth-order valence-electron chi connectivity index (χ4n) is 1.08. The lowest BCUT2D eigenvalue weighted by atomic mass is 9.87. The molecule has 0 radical (unpaired) electrons. The van der Waals surface area contributed by atoms with Gasteiger partial charge in [0.05, 0.1) is 0 Å². The Kier molecular flexibility index (Phi) is 2.52. The highest BCUT2D eigenvalue weighted by atomic mass is 79.9. The summed E-state index contributed by atoms with van der Waals surface area (Å²) in [4.78, 5) is 10.8. The molecule has 0 aliphatic heterocycles. The highest BCUT2D eigenvalue weighted by Crippen LogP contribution is 2.30. The smallest absolute Gasteiger partial charge is 0.372 e. The molecular weight excluding hydrogens is 236 g/mol. The third-order valence-electron chi connectivity index (χ3n) is 1.70. The van der Waals surface area contributed by atoms with Crippen molar-refractivity contribution in [2.45, 2.75) is 26.2 Å². The zero-order valence-corrected chi connectivity index (χ0v) is 9.31. The van der Waals surface area contributed by atoms with E-state index < -0.39 is 5.97 Å². The molecule has 3 nitrogen and oxygen atoms in total. The van der Waals surface area contributed by atoms with Crippen LogP contribution in [0.4, 0.5) is 0 Å². The summed E-state index contributed by atoms with van der Waals surface area (Å²) in [6.45, 7) is 5.82. The third-order valence-corrected chi connectivity index (χ3v) is 2.10. The molecular formula is C9H11BrO3. The quantitative estimate of drug-likeness (QED) is 0.829. The van der Waals surface area contributed by atoms with Gasteiger partial charge >= 0.3 is 5.97 Å². The van der Waals surface area contributed by atoms with Gasteiger partial charge in [-0.05, 0) is 27.4 Å². The van der Waals surface area contributed by atoms with Crippen LogP contribution in [0.2, 0.25) is 0 Å². The lowest BCUT2D eigenvalue weighted by molar-refractivity contribution is 0.0657. The number of carbonyl (C=O) groups is 1. The minimum absolute atomic E-state index is 0.0133. The molecule has 1 N–H and O–H groups in total. The normalized spacial score (nSPS) is 11.7. The summed E-state index contributed by atoms with van der Waals surface area (Å²) >= 11 is 3.11. The van der Waals surface area contributed by atoms with Crippen LogP contribution in [-0.4, -0.2) is 11.1 Å². The molecule has 1 rings (SSSR count). The topological polar surface area (TPSA) is 50.4 Å². The molecule has 13 heavy (non-hydrogen) atoms. The van der Waals surface area contributed by atoms with Crippen molar-refractivity contribution in [3.63, 3.8) is 0 Å². The molecule has 0 amide bonds. The first kappa shape index (κ1) is 10.3. The Hall–Kier alpha value is -0.770. The molecule has 0 unspecified atom stereocenters. The van der Waals surface area contributed by atoms with Crippen molar-refractivity contribution in [3.8, 4) is 0 Å². The van der Waals surface area contributed by atoms with Crippen molar-refractivity contribution in [1.29, 1.82) is 0 Å². The lowest BCUT2D eigenvalue weighted by Crippen LogP contribution is -2.14. The zero-order chi connectivity index (χ0) is 10.2. The summed E-state index contributed by atoms with van der Waals surface area (Å²) < 4.78 is 5.47. The van der Waals surface area contributed by atoms with Gasteiger partial charge in [-0.25, -0.2) is 4.79 Å². The molecule has 1 heterocycles. The van der Waals surface area contributed by atoms with Crippen molar-refractivity contribution in [2.24, 2.45) is 0 Å². The number of carboxylic acid groups (broad SMARTS) is 1. The highest BCUT2D eigenvalue weighted by Gasteiger charge is 2.25. The van der Waals surface area contributed by atoms with E-state index in [2.05, 4.69) is 15.9 Å². The Morgan fingerprint density at radius 3 is 2.38 bits per heavy atom. The van der Waals surface area contributed by atoms with E-state index in [0.717, 1.165) is 0 Å². The molecule has 1 aromatic rings. The van der Waals surface area contributed by atoms with E-state index in [9.17, 15) is 4.79 Å². The monoisotopic (exact) mass is 246 g/mol. The first-order chi connectivity index (χ1) is 5.82. The summed E-state index contributed by atoms with van der Waals surface area (Å²) in [5.41, 5.74) is 0.482. The molecule has 4 heteroatoms. The lowest BCUT2D eigenvalue weighted by Gasteiger charge is -2.16. The van der Waals surface area contributed by atoms with Gasteiger partial charge in [0.25, 0.3) is 0 Å². The largest absolute Gasteiger partial charge is 0.475 e. The predicted molar refractivity (Wildman–Crippen MR) is 52.1 cm³/mol. The fraction of sp³-hybridized carbons (Fsp3) is 0.444. The summed E-state index contributed by atoms with van der Waals surface area (Å²) in [6, 6.07) is 1.70. The van der Waals surface area contributed by atoms with Gasteiger partial charge in [0.2, 0.25) is 5.76 Å². The molecule has 72 valence electrons. The molecule has 0 aliphatic rings. The van der Waals surface area contributed by atoms with Gasteiger partial charge in [-0.3, -0.25) is 0 Å². The minimum Gasteiger partial charge on any atom is -0.475 e.